The molecule has 0 saturated carbocycles. The highest BCUT2D eigenvalue weighted by atomic mass is 35.5. The fourth-order valence-electron chi connectivity index (χ4n) is 3.07. The number of aromatic nitrogens is 2. The number of benzene rings is 2. The maximum atomic E-state index is 13.2. The van der Waals surface area contributed by atoms with Crippen LogP contribution in [-0.4, -0.2) is 42.8 Å². The average Bonchev–Trinajstić information content (AvgIpc) is 3.48. The number of halogens is 5. The minimum Gasteiger partial charge on any atom is -0.467 e. The summed E-state index contributed by atoms with van der Waals surface area (Å²) in [5, 5.41) is 6.15. The second kappa shape index (κ2) is 12.7. The van der Waals surface area contributed by atoms with Crippen molar-refractivity contribution in [1.82, 2.24) is 9.78 Å². The molecule has 4 rings (SSSR count). The van der Waals surface area contributed by atoms with E-state index in [1.165, 1.54) is 42.5 Å². The number of carbonyl (C=O) groups excluding carboxylic acids is 2. The summed E-state index contributed by atoms with van der Waals surface area (Å²) in [6.07, 6.45) is -4.20. The third kappa shape index (κ3) is 7.18. The van der Waals surface area contributed by atoms with Gasteiger partial charge < -0.3 is 14.8 Å². The van der Waals surface area contributed by atoms with Crippen LogP contribution in [0.2, 0.25) is 5.02 Å². The molecule has 38 heavy (non-hydrogen) atoms. The molecule has 1 N–H and O–H groups in total. The first kappa shape index (κ1) is 28.8. The Morgan fingerprint density at radius 1 is 1.13 bits per heavy atom. The molecule has 0 spiro atoms. The number of nitrogens with zero attached hydrogens (tertiary/aromatic N) is 2. The minimum atomic E-state index is -4.75. The highest BCUT2D eigenvalue weighted by Crippen LogP contribution is 2.35. The van der Waals surface area contributed by atoms with Crippen molar-refractivity contribution in [3.05, 3.63) is 82.1 Å². The van der Waals surface area contributed by atoms with Crippen molar-refractivity contribution in [2.75, 3.05) is 26.1 Å². The van der Waals surface area contributed by atoms with Crippen molar-refractivity contribution in [1.29, 1.82) is 0 Å². The minimum absolute atomic E-state index is 0.126. The smallest absolute Gasteiger partial charge is 0.435 e. The zero-order valence-corrected chi connectivity index (χ0v) is 21.5. The van der Waals surface area contributed by atoms with Gasteiger partial charge in [-0.25, -0.2) is 4.39 Å². The topological polar surface area (TPSA) is 82.4 Å². The van der Waals surface area contributed by atoms with E-state index < -0.39 is 30.2 Å². The Labute approximate surface area is 223 Å². The fraction of sp³-hybridized carbons (Fsp3) is 0.160. The molecule has 0 saturated heterocycles. The Morgan fingerprint density at radius 3 is 2.39 bits per heavy atom. The van der Waals surface area contributed by atoms with Gasteiger partial charge >= 0.3 is 6.18 Å². The molecule has 200 valence electrons. The molecule has 13 heteroatoms. The average molecular weight is 570 g/mol. The van der Waals surface area contributed by atoms with Gasteiger partial charge in [-0.2, -0.15) is 23.0 Å². The number of nitrogens with one attached hydrogen (secondary N) is 1. The van der Waals surface area contributed by atoms with E-state index in [4.69, 9.17) is 16.3 Å². The molecule has 0 atom stereocenters. The number of ether oxygens (including phenoxy) is 2. The third-order valence-electron chi connectivity index (χ3n) is 4.67. The number of amides is 1. The first-order valence-electron chi connectivity index (χ1n) is 10.7. The Balaban J connectivity index is 0.00000127. The first-order valence-corrected chi connectivity index (χ1v) is 11.9. The molecule has 2 aromatic carbocycles. The van der Waals surface area contributed by atoms with Gasteiger partial charge in [-0.3, -0.25) is 9.59 Å². The number of anilines is 1. The van der Waals surface area contributed by atoms with Crippen LogP contribution in [0.5, 0.6) is 5.88 Å². The van der Waals surface area contributed by atoms with Crippen LogP contribution in [0.1, 0.15) is 15.4 Å². The Bertz CT molecular complexity index is 1400. The Hall–Kier alpha value is -3.74. The molecule has 0 bridgehead atoms. The Morgan fingerprint density at radius 2 is 1.79 bits per heavy atom. The van der Waals surface area contributed by atoms with Gasteiger partial charge in [-0.1, -0.05) is 35.9 Å². The lowest BCUT2D eigenvalue weighted by atomic mass is 10.2. The van der Waals surface area contributed by atoms with Crippen LogP contribution in [0.25, 0.3) is 16.1 Å². The summed E-state index contributed by atoms with van der Waals surface area (Å²) in [6, 6.07) is 13.8. The first-order chi connectivity index (χ1) is 18.1. The largest absolute Gasteiger partial charge is 0.467 e. The Kier molecular flexibility index (Phi) is 9.61. The molecular weight excluding hydrogens is 550 g/mol. The maximum absolute atomic E-state index is 13.2. The van der Waals surface area contributed by atoms with Crippen LogP contribution in [0.15, 0.2) is 60.7 Å². The lowest BCUT2D eigenvalue weighted by Crippen LogP contribution is -2.21. The summed E-state index contributed by atoms with van der Waals surface area (Å²) in [5.74, 6) is -1.50. The van der Waals surface area contributed by atoms with Crippen LogP contribution >= 0.6 is 22.9 Å². The van der Waals surface area contributed by atoms with Crippen LogP contribution in [0, 0.1) is 5.82 Å². The maximum Gasteiger partial charge on any atom is 0.435 e. The summed E-state index contributed by atoms with van der Waals surface area (Å²) in [5.41, 5.74) is -0.268. The van der Waals surface area contributed by atoms with Gasteiger partial charge in [0, 0.05) is 25.2 Å². The molecule has 0 unspecified atom stereocenters. The summed E-state index contributed by atoms with van der Waals surface area (Å²) < 4.78 is 63.3. The van der Waals surface area contributed by atoms with E-state index in [9.17, 15) is 27.2 Å². The van der Waals surface area contributed by atoms with Gasteiger partial charge in [0.1, 0.15) is 5.82 Å². The van der Waals surface area contributed by atoms with Crippen molar-refractivity contribution in [3.63, 3.8) is 0 Å². The van der Waals surface area contributed by atoms with E-state index >= 15 is 0 Å². The van der Waals surface area contributed by atoms with Crippen molar-refractivity contribution in [2.45, 2.75) is 6.18 Å². The number of carbonyl (C=O) groups is 2. The standard InChI is InChI=1S/C23H14ClF4N3O3S.C2H6O/c24-15-3-1-2-4-17(15)31-22(10-20(30-31)23(26,27)28)34-12-21(33)29-16-9-18(35-19(16)11-32)13-5-7-14(25)8-6-13;1-3-2/h1-11H,12H2,(H,29,33);1-2H3. The van der Waals surface area contributed by atoms with E-state index in [1.807, 2.05) is 0 Å². The predicted molar refractivity (Wildman–Crippen MR) is 136 cm³/mol. The number of aldehydes is 1. The monoisotopic (exact) mass is 569 g/mol. The molecule has 2 heterocycles. The SMILES string of the molecule is COC.O=Cc1sc(-c2ccc(F)cc2)cc1NC(=O)COc1cc(C(F)(F)F)nn1-c1ccccc1Cl. The summed E-state index contributed by atoms with van der Waals surface area (Å²) in [6.45, 7) is -0.673. The summed E-state index contributed by atoms with van der Waals surface area (Å²) in [4.78, 5) is 24.8. The van der Waals surface area contributed by atoms with Crippen molar-refractivity contribution < 1.29 is 36.6 Å². The van der Waals surface area contributed by atoms with Crippen molar-refractivity contribution in [3.8, 4) is 22.0 Å². The normalized spacial score (nSPS) is 10.9. The van der Waals surface area contributed by atoms with Gasteiger partial charge in [0.05, 0.1) is 21.3 Å². The van der Waals surface area contributed by atoms with Gasteiger partial charge in [0.25, 0.3) is 5.91 Å². The highest BCUT2D eigenvalue weighted by molar-refractivity contribution is 7.17. The van der Waals surface area contributed by atoms with E-state index in [1.54, 1.807) is 26.4 Å². The highest BCUT2D eigenvalue weighted by Gasteiger charge is 2.36. The van der Waals surface area contributed by atoms with E-state index in [2.05, 4.69) is 15.2 Å². The van der Waals surface area contributed by atoms with E-state index in [0.717, 1.165) is 16.0 Å². The zero-order valence-electron chi connectivity index (χ0n) is 19.9. The number of rotatable bonds is 7. The summed E-state index contributed by atoms with van der Waals surface area (Å²) >= 11 is 7.17. The second-order valence-electron chi connectivity index (χ2n) is 7.49. The second-order valence-corrected chi connectivity index (χ2v) is 8.98. The number of hydrogen-bond donors (Lipinski definition) is 1. The molecular formula is C25H20ClF4N3O4S. The van der Waals surface area contributed by atoms with Crippen molar-refractivity contribution in [2.24, 2.45) is 0 Å². The molecule has 0 aliphatic heterocycles. The number of alkyl halides is 3. The van der Waals surface area contributed by atoms with Crippen LogP contribution in [0.3, 0.4) is 0 Å². The van der Waals surface area contributed by atoms with Crippen molar-refractivity contribution >= 4 is 40.8 Å². The van der Waals surface area contributed by atoms with E-state index in [-0.39, 0.29) is 27.2 Å². The molecule has 2 aromatic heterocycles. The van der Waals surface area contributed by atoms with Crippen LogP contribution in [0.4, 0.5) is 23.2 Å². The fourth-order valence-corrected chi connectivity index (χ4v) is 4.23. The molecule has 0 aliphatic rings. The summed E-state index contributed by atoms with van der Waals surface area (Å²) in [7, 11) is 3.25. The molecule has 0 aliphatic carbocycles. The molecule has 0 radical (unpaired) electrons. The number of hydrogen-bond acceptors (Lipinski definition) is 6. The third-order valence-corrected chi connectivity index (χ3v) is 6.10. The quantitative estimate of drug-likeness (QED) is 0.203. The molecule has 1 amide bonds. The number of thiophene rings is 1. The molecule has 4 aromatic rings. The number of para-hydroxylation sites is 1. The van der Waals surface area contributed by atoms with Gasteiger partial charge in [-0.05, 0) is 35.9 Å². The molecule has 0 fully saturated rings. The van der Waals surface area contributed by atoms with E-state index in [0.29, 0.717) is 22.8 Å². The van der Waals surface area contributed by atoms with Crippen LogP contribution < -0.4 is 10.1 Å². The van der Waals surface area contributed by atoms with Gasteiger partial charge in [-0.15, -0.1) is 11.3 Å². The van der Waals surface area contributed by atoms with Crippen LogP contribution in [-0.2, 0) is 15.7 Å². The lowest BCUT2D eigenvalue weighted by Gasteiger charge is -2.10. The number of methoxy groups -OCH3 is 1. The van der Waals surface area contributed by atoms with Gasteiger partial charge in [0.2, 0.25) is 5.88 Å². The van der Waals surface area contributed by atoms with Gasteiger partial charge in [0.15, 0.2) is 18.6 Å². The predicted octanol–water partition coefficient (Wildman–Crippen LogP) is 6.50. The molecule has 7 nitrogen and oxygen atoms in total. The zero-order chi connectivity index (χ0) is 27.9. The lowest BCUT2D eigenvalue weighted by molar-refractivity contribution is -0.141.